The van der Waals surface area contributed by atoms with E-state index in [9.17, 15) is 14.5 Å². The van der Waals surface area contributed by atoms with Crippen LogP contribution in [-0.4, -0.2) is 11.0 Å². The summed E-state index contributed by atoms with van der Waals surface area (Å²) in [4.78, 5) is 11.3. The molecule has 0 amide bonds. The van der Waals surface area contributed by atoms with E-state index in [0.717, 1.165) is 12.5 Å². The average Bonchev–Trinajstić information content (AvgIpc) is 2.80. The van der Waals surface area contributed by atoms with Gasteiger partial charge in [0.1, 0.15) is 5.82 Å². The van der Waals surface area contributed by atoms with Crippen LogP contribution in [-0.2, 0) is 6.42 Å². The van der Waals surface area contributed by atoms with Gasteiger partial charge in [-0.25, -0.2) is 4.39 Å². The second kappa shape index (κ2) is 5.79. The van der Waals surface area contributed by atoms with Gasteiger partial charge in [0.05, 0.1) is 11.0 Å². The Kier molecular flexibility index (Phi) is 4.11. The molecule has 0 spiro atoms. The van der Waals surface area contributed by atoms with Crippen LogP contribution in [0, 0.1) is 15.9 Å². The van der Waals surface area contributed by atoms with Gasteiger partial charge in [-0.05, 0) is 24.4 Å². The van der Waals surface area contributed by atoms with E-state index in [1.54, 1.807) is 11.3 Å². The highest BCUT2D eigenvalue weighted by atomic mass is 32.1. The zero-order chi connectivity index (χ0) is 13.8. The van der Waals surface area contributed by atoms with Crippen LogP contribution in [0.5, 0.6) is 0 Å². The first-order chi connectivity index (χ1) is 9.04. The zero-order valence-electron chi connectivity index (χ0n) is 10.3. The largest absolute Gasteiger partial charge is 0.382 e. The molecule has 0 saturated heterocycles. The highest BCUT2D eigenvalue weighted by molar-refractivity contribution is 7.09. The van der Waals surface area contributed by atoms with Crippen LogP contribution in [0.1, 0.15) is 11.8 Å². The van der Waals surface area contributed by atoms with Gasteiger partial charge in [0.15, 0.2) is 0 Å². The molecule has 6 heteroatoms. The van der Waals surface area contributed by atoms with E-state index in [0.29, 0.717) is 5.69 Å². The molecule has 2 aromatic rings. The third kappa shape index (κ3) is 3.75. The summed E-state index contributed by atoms with van der Waals surface area (Å²) in [6.07, 6.45) is 0.794. The van der Waals surface area contributed by atoms with E-state index in [2.05, 4.69) is 5.32 Å². The van der Waals surface area contributed by atoms with Crippen LogP contribution in [0.15, 0.2) is 35.7 Å². The number of halogens is 1. The summed E-state index contributed by atoms with van der Waals surface area (Å²) < 4.78 is 13.3. The monoisotopic (exact) mass is 280 g/mol. The first-order valence-electron chi connectivity index (χ1n) is 5.78. The number of anilines is 1. The lowest BCUT2D eigenvalue weighted by molar-refractivity contribution is -0.385. The smallest absolute Gasteiger partial charge is 0.274 e. The van der Waals surface area contributed by atoms with Crippen molar-refractivity contribution in [2.75, 3.05) is 5.32 Å². The van der Waals surface area contributed by atoms with Gasteiger partial charge in [-0.2, -0.15) is 0 Å². The number of thiophene rings is 1. The summed E-state index contributed by atoms with van der Waals surface area (Å²) in [7, 11) is 0. The summed E-state index contributed by atoms with van der Waals surface area (Å²) in [5.74, 6) is -0.611. The SMILES string of the molecule is CC(Cc1cccs1)Nc1cc(F)cc([N+](=O)[O-])c1. The highest BCUT2D eigenvalue weighted by Gasteiger charge is 2.11. The third-order valence-corrected chi connectivity index (χ3v) is 3.49. The van der Waals surface area contributed by atoms with E-state index < -0.39 is 10.7 Å². The van der Waals surface area contributed by atoms with Gasteiger partial charge >= 0.3 is 0 Å². The number of non-ortho nitro benzene ring substituents is 1. The first-order valence-corrected chi connectivity index (χ1v) is 6.66. The topological polar surface area (TPSA) is 55.2 Å². The minimum atomic E-state index is -0.611. The molecule has 1 aromatic heterocycles. The predicted molar refractivity (Wildman–Crippen MR) is 74.2 cm³/mol. The molecule has 1 heterocycles. The van der Waals surface area contributed by atoms with Gasteiger partial charge < -0.3 is 5.32 Å². The Hall–Kier alpha value is -1.95. The molecule has 0 fully saturated rings. The molecule has 0 aliphatic carbocycles. The Balaban J connectivity index is 2.08. The van der Waals surface area contributed by atoms with Crippen LogP contribution in [0.2, 0.25) is 0 Å². The van der Waals surface area contributed by atoms with Crippen molar-refractivity contribution in [3.8, 4) is 0 Å². The molecule has 0 aliphatic rings. The van der Waals surface area contributed by atoms with Crippen molar-refractivity contribution in [1.29, 1.82) is 0 Å². The van der Waals surface area contributed by atoms with Gasteiger partial charge in [-0.3, -0.25) is 10.1 Å². The number of benzene rings is 1. The highest BCUT2D eigenvalue weighted by Crippen LogP contribution is 2.21. The molecule has 2 rings (SSSR count). The summed E-state index contributed by atoms with van der Waals surface area (Å²) in [6, 6.07) is 7.58. The minimum Gasteiger partial charge on any atom is -0.382 e. The van der Waals surface area contributed by atoms with Gasteiger partial charge in [0.25, 0.3) is 5.69 Å². The Morgan fingerprint density at radius 1 is 1.47 bits per heavy atom. The van der Waals surface area contributed by atoms with Crippen molar-refractivity contribution in [2.45, 2.75) is 19.4 Å². The molecule has 1 unspecified atom stereocenters. The fourth-order valence-electron chi connectivity index (χ4n) is 1.83. The quantitative estimate of drug-likeness (QED) is 0.668. The first kappa shape index (κ1) is 13.5. The number of hydrogen-bond donors (Lipinski definition) is 1. The minimum absolute atomic E-state index is 0.0695. The van der Waals surface area contributed by atoms with Crippen LogP contribution >= 0.6 is 11.3 Å². The van der Waals surface area contributed by atoms with Gasteiger partial charge in [-0.15, -0.1) is 11.3 Å². The number of nitrogens with zero attached hydrogens (tertiary/aromatic N) is 1. The van der Waals surface area contributed by atoms with Crippen LogP contribution in [0.25, 0.3) is 0 Å². The van der Waals surface area contributed by atoms with E-state index in [1.165, 1.54) is 17.0 Å². The zero-order valence-corrected chi connectivity index (χ0v) is 11.1. The molecular weight excluding hydrogens is 267 g/mol. The number of hydrogen-bond acceptors (Lipinski definition) is 4. The molecule has 1 N–H and O–H groups in total. The van der Waals surface area contributed by atoms with Gasteiger partial charge in [0, 0.05) is 29.1 Å². The van der Waals surface area contributed by atoms with Crippen LogP contribution in [0.4, 0.5) is 15.8 Å². The molecule has 4 nitrogen and oxygen atoms in total. The second-order valence-electron chi connectivity index (χ2n) is 4.28. The van der Waals surface area contributed by atoms with Crippen molar-refractivity contribution in [3.63, 3.8) is 0 Å². The summed E-state index contributed by atoms with van der Waals surface area (Å²) in [5, 5.41) is 15.7. The van der Waals surface area contributed by atoms with E-state index >= 15 is 0 Å². The normalized spacial score (nSPS) is 12.1. The van der Waals surface area contributed by atoms with Gasteiger partial charge in [-0.1, -0.05) is 6.07 Å². The molecule has 0 radical (unpaired) electrons. The number of nitrogens with one attached hydrogen (secondary N) is 1. The molecule has 100 valence electrons. The van der Waals surface area contributed by atoms with Crippen molar-refractivity contribution in [1.82, 2.24) is 0 Å². The standard InChI is InChI=1S/C13H13FN2O2S/c1-9(5-13-3-2-4-19-13)15-11-6-10(14)7-12(8-11)16(17)18/h2-4,6-9,15H,5H2,1H3. The second-order valence-corrected chi connectivity index (χ2v) is 5.32. The van der Waals surface area contributed by atoms with Gasteiger partial charge in [0.2, 0.25) is 0 Å². The summed E-state index contributed by atoms with van der Waals surface area (Å²) in [6.45, 7) is 1.95. The summed E-state index contributed by atoms with van der Waals surface area (Å²) in [5.41, 5.74) is 0.182. The van der Waals surface area contributed by atoms with E-state index in [-0.39, 0.29) is 11.7 Å². The molecular formula is C13H13FN2O2S. The lowest BCUT2D eigenvalue weighted by atomic mass is 10.2. The van der Waals surface area contributed by atoms with Crippen LogP contribution < -0.4 is 5.32 Å². The maximum absolute atomic E-state index is 13.3. The Bertz CT molecular complexity index is 572. The van der Waals surface area contributed by atoms with E-state index in [1.807, 2.05) is 24.4 Å². The number of rotatable bonds is 5. The lowest BCUT2D eigenvalue weighted by Crippen LogP contribution is -2.17. The summed E-state index contributed by atoms with van der Waals surface area (Å²) >= 11 is 1.65. The molecule has 1 aromatic carbocycles. The number of nitro benzene ring substituents is 1. The fraction of sp³-hybridized carbons (Fsp3) is 0.231. The van der Waals surface area contributed by atoms with Crippen molar-refractivity contribution in [3.05, 3.63) is 56.5 Å². The van der Waals surface area contributed by atoms with Crippen molar-refractivity contribution in [2.24, 2.45) is 0 Å². The molecule has 0 bridgehead atoms. The molecule has 0 saturated carbocycles. The Morgan fingerprint density at radius 2 is 2.26 bits per heavy atom. The Morgan fingerprint density at radius 3 is 2.89 bits per heavy atom. The number of nitro groups is 1. The Labute approximate surface area is 114 Å². The molecule has 19 heavy (non-hydrogen) atoms. The predicted octanol–water partition coefficient (Wildman–Crippen LogP) is 3.84. The maximum Gasteiger partial charge on any atom is 0.274 e. The lowest BCUT2D eigenvalue weighted by Gasteiger charge is -2.14. The van der Waals surface area contributed by atoms with E-state index in [4.69, 9.17) is 0 Å². The maximum atomic E-state index is 13.3. The third-order valence-electron chi connectivity index (χ3n) is 2.59. The van der Waals surface area contributed by atoms with Crippen LogP contribution in [0.3, 0.4) is 0 Å². The van der Waals surface area contributed by atoms with Crippen molar-refractivity contribution < 1.29 is 9.31 Å². The molecule has 1 atom stereocenters. The average molecular weight is 280 g/mol. The fourth-order valence-corrected chi connectivity index (χ4v) is 2.66. The van der Waals surface area contributed by atoms with Crippen molar-refractivity contribution >= 4 is 22.7 Å². The molecule has 0 aliphatic heterocycles.